The van der Waals surface area contributed by atoms with Crippen LogP contribution in [0.15, 0.2) is 42.6 Å². The molecule has 1 N–H and O–H groups in total. The Morgan fingerprint density at radius 2 is 1.17 bits per heavy atom. The van der Waals surface area contributed by atoms with Crippen molar-refractivity contribution in [2.24, 2.45) is 11.8 Å². The maximum atomic E-state index is 13.5. The molecule has 0 spiro atoms. The van der Waals surface area contributed by atoms with Crippen LogP contribution >= 0.6 is 0 Å². The largest absolute Gasteiger partial charge is 0.378 e. The number of amides is 1. The van der Waals surface area contributed by atoms with E-state index < -0.39 is 11.4 Å². The van der Waals surface area contributed by atoms with Crippen LogP contribution in [0.4, 0.5) is 0 Å². The molecule has 2 aromatic rings. The van der Waals surface area contributed by atoms with E-state index in [2.05, 4.69) is 10.3 Å². The smallest absolute Gasteiger partial charge is 0.251 e. The highest BCUT2D eigenvalue weighted by atomic mass is 16.5. The van der Waals surface area contributed by atoms with Gasteiger partial charge in [0.1, 0.15) is 28.6 Å². The molecule has 0 fully saturated rings. The van der Waals surface area contributed by atoms with E-state index in [4.69, 9.17) is 14.2 Å². The molecule has 1 aromatic carbocycles. The molecule has 1 heterocycles. The quantitative estimate of drug-likeness (QED) is 0.134. The molecule has 0 aliphatic carbocycles. The van der Waals surface area contributed by atoms with Gasteiger partial charge in [-0.3, -0.25) is 29.0 Å². The lowest BCUT2D eigenvalue weighted by molar-refractivity contribution is -0.123. The summed E-state index contributed by atoms with van der Waals surface area (Å²) in [5.74, 6) is -0.698. The SMILES string of the molecule is CC.CC(=O)CCOCC(COCCC(C)=O)(COCCC(=O)C(C)C)NC(=O)c1ccc(-c2ccc(C(=O)C(C)C)nc2)cc1. The monoisotopic (exact) mass is 640 g/mol. The van der Waals surface area contributed by atoms with Crippen molar-refractivity contribution < 1.29 is 38.2 Å². The summed E-state index contributed by atoms with van der Waals surface area (Å²) < 4.78 is 17.5. The Morgan fingerprint density at radius 3 is 1.59 bits per heavy atom. The minimum Gasteiger partial charge on any atom is -0.378 e. The number of Topliss-reactive ketones (excluding diaryl/α,β-unsaturated/α-hetero) is 4. The summed E-state index contributed by atoms with van der Waals surface area (Å²) in [5, 5.41) is 3.01. The lowest BCUT2D eigenvalue weighted by atomic mass is 10.0. The van der Waals surface area contributed by atoms with Crippen LogP contribution in [0.25, 0.3) is 11.1 Å². The highest BCUT2D eigenvalue weighted by Crippen LogP contribution is 2.21. The fourth-order valence-corrected chi connectivity index (χ4v) is 4.06. The van der Waals surface area contributed by atoms with Crippen molar-refractivity contribution in [2.45, 2.75) is 80.2 Å². The molecule has 0 unspecified atom stereocenters. The van der Waals surface area contributed by atoms with E-state index >= 15 is 0 Å². The second kappa shape index (κ2) is 21.2. The zero-order valence-electron chi connectivity index (χ0n) is 28.8. The second-order valence-electron chi connectivity index (χ2n) is 11.7. The zero-order valence-corrected chi connectivity index (χ0v) is 28.8. The molecular formula is C36H52N2O8. The first-order chi connectivity index (χ1) is 21.8. The first kappa shape index (κ1) is 40.4. The number of hydrogen-bond donors (Lipinski definition) is 1. The molecule has 0 aliphatic rings. The minimum atomic E-state index is -1.16. The van der Waals surface area contributed by atoms with Gasteiger partial charge in [-0.05, 0) is 37.6 Å². The van der Waals surface area contributed by atoms with Gasteiger partial charge >= 0.3 is 0 Å². The van der Waals surface area contributed by atoms with E-state index in [1.54, 1.807) is 36.5 Å². The van der Waals surface area contributed by atoms with E-state index in [1.807, 2.05) is 47.6 Å². The molecular weight excluding hydrogens is 588 g/mol. The minimum absolute atomic E-state index is 0.0184. The van der Waals surface area contributed by atoms with Crippen molar-refractivity contribution in [3.05, 3.63) is 53.9 Å². The Kier molecular flexibility index (Phi) is 18.7. The number of pyridine rings is 1. The van der Waals surface area contributed by atoms with Crippen molar-refractivity contribution in [1.82, 2.24) is 10.3 Å². The van der Waals surface area contributed by atoms with Crippen molar-refractivity contribution >= 4 is 29.0 Å². The molecule has 0 radical (unpaired) electrons. The van der Waals surface area contributed by atoms with Gasteiger partial charge in [0.15, 0.2) is 5.78 Å². The topological polar surface area (TPSA) is 138 Å². The third kappa shape index (κ3) is 14.7. The molecule has 1 amide bonds. The van der Waals surface area contributed by atoms with Crippen LogP contribution in [0.3, 0.4) is 0 Å². The van der Waals surface area contributed by atoms with E-state index in [0.29, 0.717) is 11.3 Å². The van der Waals surface area contributed by atoms with Crippen molar-refractivity contribution in [3.63, 3.8) is 0 Å². The molecule has 254 valence electrons. The summed E-state index contributed by atoms with van der Waals surface area (Å²) >= 11 is 0. The molecule has 0 saturated heterocycles. The third-order valence-corrected chi connectivity index (χ3v) is 6.87. The Balaban J connectivity index is 0.00000518. The predicted molar refractivity (Wildman–Crippen MR) is 178 cm³/mol. The number of hydrogen-bond acceptors (Lipinski definition) is 9. The first-order valence-corrected chi connectivity index (χ1v) is 16.0. The van der Waals surface area contributed by atoms with Gasteiger partial charge in [-0.1, -0.05) is 59.7 Å². The van der Waals surface area contributed by atoms with Gasteiger partial charge in [0, 0.05) is 48.4 Å². The van der Waals surface area contributed by atoms with Gasteiger partial charge in [-0.15, -0.1) is 0 Å². The van der Waals surface area contributed by atoms with Gasteiger partial charge in [-0.2, -0.15) is 0 Å². The molecule has 10 heteroatoms. The van der Waals surface area contributed by atoms with E-state index in [1.165, 1.54) is 13.8 Å². The fourth-order valence-electron chi connectivity index (χ4n) is 4.06. The Bertz CT molecular complexity index is 1230. The molecule has 0 saturated carbocycles. The van der Waals surface area contributed by atoms with Crippen LogP contribution in [0.2, 0.25) is 0 Å². The van der Waals surface area contributed by atoms with Crippen LogP contribution < -0.4 is 5.32 Å². The highest BCUT2D eigenvalue weighted by Gasteiger charge is 2.34. The molecule has 0 aliphatic heterocycles. The van der Waals surface area contributed by atoms with Crippen molar-refractivity contribution in [1.29, 1.82) is 0 Å². The van der Waals surface area contributed by atoms with Crippen LogP contribution in [0, 0.1) is 11.8 Å². The summed E-state index contributed by atoms with van der Waals surface area (Å²) in [7, 11) is 0. The number of rotatable bonds is 21. The highest BCUT2D eigenvalue weighted by molar-refractivity contribution is 5.96. The average molecular weight is 641 g/mol. The molecule has 46 heavy (non-hydrogen) atoms. The molecule has 0 bridgehead atoms. The number of aromatic nitrogens is 1. The normalized spacial score (nSPS) is 11.2. The summed E-state index contributed by atoms with van der Waals surface area (Å²) in [6, 6.07) is 10.5. The molecule has 10 nitrogen and oxygen atoms in total. The lowest BCUT2D eigenvalue weighted by Crippen LogP contribution is -2.58. The molecule has 0 atom stereocenters. The molecule has 1 aromatic heterocycles. The van der Waals surface area contributed by atoms with Gasteiger partial charge in [-0.25, -0.2) is 0 Å². The number of benzene rings is 1. The van der Waals surface area contributed by atoms with Crippen molar-refractivity contribution in [3.8, 4) is 11.1 Å². The van der Waals surface area contributed by atoms with Gasteiger partial charge in [0.05, 0.1) is 39.6 Å². The van der Waals surface area contributed by atoms with Crippen LogP contribution in [0.1, 0.15) is 95.5 Å². The maximum Gasteiger partial charge on any atom is 0.251 e. The summed E-state index contributed by atoms with van der Waals surface area (Å²) in [6.45, 7) is 14.6. The van der Waals surface area contributed by atoms with E-state index in [9.17, 15) is 24.0 Å². The van der Waals surface area contributed by atoms with Crippen LogP contribution in [-0.2, 0) is 28.6 Å². The van der Waals surface area contributed by atoms with Gasteiger partial charge < -0.3 is 19.5 Å². The zero-order chi connectivity index (χ0) is 34.7. The molecule has 2 rings (SSSR count). The second-order valence-corrected chi connectivity index (χ2v) is 11.7. The van der Waals surface area contributed by atoms with E-state index in [-0.39, 0.29) is 93.9 Å². The maximum absolute atomic E-state index is 13.5. The lowest BCUT2D eigenvalue weighted by Gasteiger charge is -2.34. The fraction of sp³-hybridized carbons (Fsp3) is 0.556. The number of carbonyl (C=O) groups excluding carboxylic acids is 5. The third-order valence-electron chi connectivity index (χ3n) is 6.87. The van der Waals surface area contributed by atoms with Crippen molar-refractivity contribution in [2.75, 3.05) is 39.6 Å². The average Bonchev–Trinajstić information content (AvgIpc) is 3.03. The summed E-state index contributed by atoms with van der Waals surface area (Å²) in [5.41, 5.74) is 1.24. The first-order valence-electron chi connectivity index (χ1n) is 16.0. The summed E-state index contributed by atoms with van der Waals surface area (Å²) in [6.07, 6.45) is 2.28. The standard InChI is InChI=1S/C34H46N2O8.C2H6/c1-23(2)31(39)15-18-44-22-34(20-42-16-13-25(5)37,21-43-17-14-26(6)38)36-33(41)28-9-7-27(8-10-28)29-11-12-30(35-19-29)32(40)24(3)4;1-2/h7-12,19,23-24H,13-18,20-22H2,1-6H3,(H,36,41);1-2H3. The van der Waals surface area contributed by atoms with Gasteiger partial charge in [0.2, 0.25) is 0 Å². The Labute approximate surface area is 274 Å². The van der Waals surface area contributed by atoms with Crippen LogP contribution in [0.5, 0.6) is 0 Å². The van der Waals surface area contributed by atoms with Crippen LogP contribution in [-0.4, -0.2) is 79.2 Å². The Hall–Kier alpha value is -3.60. The Morgan fingerprint density at radius 1 is 0.696 bits per heavy atom. The van der Waals surface area contributed by atoms with E-state index in [0.717, 1.165) is 11.1 Å². The number of nitrogens with zero attached hydrogens (tertiary/aromatic N) is 1. The number of ketones is 4. The number of carbonyl (C=O) groups is 5. The number of nitrogens with one attached hydrogen (secondary N) is 1. The number of ether oxygens (including phenoxy) is 3. The predicted octanol–water partition coefficient (Wildman–Crippen LogP) is 5.71. The van der Waals surface area contributed by atoms with Gasteiger partial charge in [0.25, 0.3) is 5.91 Å². The summed E-state index contributed by atoms with van der Waals surface area (Å²) in [4.78, 5) is 65.0.